The summed E-state index contributed by atoms with van der Waals surface area (Å²) in [6.07, 6.45) is 3.20. The average Bonchev–Trinajstić information content (AvgIpc) is 2.28. The topological polar surface area (TPSA) is 68.3 Å². The van der Waals surface area contributed by atoms with E-state index in [4.69, 9.17) is 0 Å². The van der Waals surface area contributed by atoms with Crippen molar-refractivity contribution >= 4 is 27.8 Å². The van der Waals surface area contributed by atoms with Gasteiger partial charge in [-0.1, -0.05) is 0 Å². The molecule has 6 heteroatoms. The average molecular weight is 301 g/mol. The summed E-state index contributed by atoms with van der Waals surface area (Å²) in [5.41, 5.74) is 0.441. The highest BCUT2D eigenvalue weighted by molar-refractivity contribution is 9.10. The molecule has 0 saturated heterocycles. The molecule has 0 aliphatic heterocycles. The van der Waals surface area contributed by atoms with Crippen molar-refractivity contribution in [2.24, 2.45) is 0 Å². The first-order valence-electron chi connectivity index (χ1n) is 5.01. The Morgan fingerprint density at radius 3 is 2.82 bits per heavy atom. The second-order valence-electron chi connectivity index (χ2n) is 3.55. The molecule has 1 unspecified atom stereocenters. The van der Waals surface area contributed by atoms with Crippen LogP contribution in [0.25, 0.3) is 0 Å². The van der Waals surface area contributed by atoms with Crippen LogP contribution >= 0.6 is 15.9 Å². The standard InChI is InChI=1S/C11H13BrN2O3/c1-7(3-10(15)17-2)14-11(16)8-4-9(12)6-13-5-8/h4-7H,3H2,1-2H3,(H,14,16). The van der Waals surface area contributed by atoms with Crippen molar-refractivity contribution in [1.82, 2.24) is 10.3 Å². The minimum absolute atomic E-state index is 0.143. The number of pyridine rings is 1. The molecule has 0 aromatic carbocycles. The number of ether oxygens (including phenoxy) is 1. The van der Waals surface area contributed by atoms with E-state index in [1.54, 1.807) is 19.2 Å². The van der Waals surface area contributed by atoms with Crippen LogP contribution in [-0.2, 0) is 9.53 Å². The van der Waals surface area contributed by atoms with Crippen molar-refractivity contribution in [3.05, 3.63) is 28.5 Å². The van der Waals surface area contributed by atoms with Gasteiger partial charge in [0, 0.05) is 22.9 Å². The molecule has 0 aliphatic carbocycles. The fourth-order valence-electron chi connectivity index (χ4n) is 1.23. The quantitative estimate of drug-likeness (QED) is 0.856. The Labute approximate surface area is 108 Å². The highest BCUT2D eigenvalue weighted by Gasteiger charge is 2.13. The number of nitrogens with zero attached hydrogens (tertiary/aromatic N) is 1. The number of hydrogen-bond donors (Lipinski definition) is 1. The molecular weight excluding hydrogens is 288 g/mol. The van der Waals surface area contributed by atoms with Gasteiger partial charge in [0.1, 0.15) is 0 Å². The van der Waals surface area contributed by atoms with Crippen LogP contribution in [0.2, 0.25) is 0 Å². The molecule has 1 N–H and O–H groups in total. The number of amides is 1. The Hall–Kier alpha value is -1.43. The Morgan fingerprint density at radius 1 is 1.53 bits per heavy atom. The van der Waals surface area contributed by atoms with Gasteiger partial charge in [-0.25, -0.2) is 0 Å². The van der Waals surface area contributed by atoms with E-state index in [9.17, 15) is 9.59 Å². The molecule has 0 saturated carbocycles. The van der Waals surface area contributed by atoms with Crippen LogP contribution in [0.5, 0.6) is 0 Å². The molecule has 0 fully saturated rings. The van der Waals surface area contributed by atoms with Gasteiger partial charge in [-0.05, 0) is 28.9 Å². The molecule has 1 amide bonds. The van der Waals surface area contributed by atoms with Gasteiger partial charge < -0.3 is 10.1 Å². The van der Waals surface area contributed by atoms with Gasteiger partial charge in [0.2, 0.25) is 0 Å². The SMILES string of the molecule is COC(=O)CC(C)NC(=O)c1cncc(Br)c1. The summed E-state index contributed by atoms with van der Waals surface area (Å²) in [7, 11) is 1.31. The molecule has 17 heavy (non-hydrogen) atoms. The number of nitrogens with one attached hydrogen (secondary N) is 1. The summed E-state index contributed by atoms with van der Waals surface area (Å²) in [5.74, 6) is -0.625. The summed E-state index contributed by atoms with van der Waals surface area (Å²) in [6.45, 7) is 1.74. The molecule has 1 aromatic rings. The molecule has 1 aromatic heterocycles. The van der Waals surface area contributed by atoms with Gasteiger partial charge in [-0.15, -0.1) is 0 Å². The van der Waals surface area contributed by atoms with Crippen LogP contribution in [0.1, 0.15) is 23.7 Å². The zero-order chi connectivity index (χ0) is 12.8. The zero-order valence-electron chi connectivity index (χ0n) is 9.57. The summed E-state index contributed by atoms with van der Waals surface area (Å²) in [4.78, 5) is 26.6. The number of carbonyl (C=O) groups is 2. The number of methoxy groups -OCH3 is 1. The van der Waals surface area contributed by atoms with E-state index in [0.717, 1.165) is 4.47 Å². The summed E-state index contributed by atoms with van der Waals surface area (Å²) in [5, 5.41) is 2.69. The third-order valence-corrected chi connectivity index (χ3v) is 2.48. The van der Waals surface area contributed by atoms with E-state index < -0.39 is 0 Å². The lowest BCUT2D eigenvalue weighted by molar-refractivity contribution is -0.141. The molecule has 0 radical (unpaired) electrons. The summed E-state index contributed by atoms with van der Waals surface area (Å²) in [6, 6.07) is 1.38. The van der Waals surface area contributed by atoms with Gasteiger partial charge >= 0.3 is 5.97 Å². The summed E-state index contributed by atoms with van der Waals surface area (Å²) >= 11 is 3.23. The van der Waals surface area contributed by atoms with E-state index in [1.807, 2.05) is 0 Å². The Bertz CT molecular complexity index is 423. The van der Waals surface area contributed by atoms with Crippen molar-refractivity contribution < 1.29 is 14.3 Å². The van der Waals surface area contributed by atoms with Crippen molar-refractivity contribution in [1.29, 1.82) is 0 Å². The minimum atomic E-state index is -0.356. The molecule has 1 heterocycles. The van der Waals surface area contributed by atoms with E-state index in [0.29, 0.717) is 5.56 Å². The second-order valence-corrected chi connectivity index (χ2v) is 4.46. The molecule has 0 aliphatic rings. The second kappa shape index (κ2) is 6.34. The maximum absolute atomic E-state index is 11.8. The monoisotopic (exact) mass is 300 g/mol. The lowest BCUT2D eigenvalue weighted by Crippen LogP contribution is -2.34. The van der Waals surface area contributed by atoms with E-state index in [2.05, 4.69) is 31.0 Å². The van der Waals surface area contributed by atoms with Crippen LogP contribution in [0.4, 0.5) is 0 Å². The lowest BCUT2D eigenvalue weighted by atomic mass is 10.2. The van der Waals surface area contributed by atoms with Gasteiger partial charge in [0.25, 0.3) is 5.91 Å². The lowest BCUT2D eigenvalue weighted by Gasteiger charge is -2.12. The van der Waals surface area contributed by atoms with Crippen LogP contribution in [-0.4, -0.2) is 30.0 Å². The minimum Gasteiger partial charge on any atom is -0.469 e. The molecule has 92 valence electrons. The molecular formula is C11H13BrN2O3. The Morgan fingerprint density at radius 2 is 2.24 bits per heavy atom. The van der Waals surface area contributed by atoms with Gasteiger partial charge in [0.05, 0.1) is 19.1 Å². The fourth-order valence-corrected chi connectivity index (χ4v) is 1.59. The van der Waals surface area contributed by atoms with Crippen LogP contribution in [0.15, 0.2) is 22.9 Å². The van der Waals surface area contributed by atoms with Crippen molar-refractivity contribution in [2.75, 3.05) is 7.11 Å². The smallest absolute Gasteiger partial charge is 0.307 e. The highest BCUT2D eigenvalue weighted by Crippen LogP contribution is 2.09. The first-order valence-corrected chi connectivity index (χ1v) is 5.80. The first-order chi connectivity index (χ1) is 8.02. The third-order valence-electron chi connectivity index (χ3n) is 2.05. The van der Waals surface area contributed by atoms with Gasteiger partial charge in [-0.2, -0.15) is 0 Å². The number of aromatic nitrogens is 1. The largest absolute Gasteiger partial charge is 0.469 e. The number of hydrogen-bond acceptors (Lipinski definition) is 4. The number of carbonyl (C=O) groups excluding carboxylic acids is 2. The maximum atomic E-state index is 11.8. The number of esters is 1. The molecule has 0 bridgehead atoms. The van der Waals surface area contributed by atoms with E-state index in [1.165, 1.54) is 13.3 Å². The fraction of sp³-hybridized carbons (Fsp3) is 0.364. The first kappa shape index (κ1) is 13.6. The van der Waals surface area contributed by atoms with Crippen molar-refractivity contribution in [2.45, 2.75) is 19.4 Å². The number of halogens is 1. The normalized spacial score (nSPS) is 11.7. The van der Waals surface area contributed by atoms with Crippen molar-refractivity contribution in [3.63, 3.8) is 0 Å². The number of rotatable bonds is 4. The van der Waals surface area contributed by atoms with E-state index >= 15 is 0 Å². The molecule has 1 rings (SSSR count). The predicted octanol–water partition coefficient (Wildman–Crippen LogP) is 1.53. The molecule has 5 nitrogen and oxygen atoms in total. The van der Waals surface area contributed by atoms with Gasteiger partial charge in [0.15, 0.2) is 0 Å². The molecule has 0 spiro atoms. The molecule has 1 atom stereocenters. The predicted molar refractivity (Wildman–Crippen MR) is 65.5 cm³/mol. The van der Waals surface area contributed by atoms with Crippen LogP contribution in [0.3, 0.4) is 0 Å². The highest BCUT2D eigenvalue weighted by atomic mass is 79.9. The Balaban J connectivity index is 2.57. The third kappa shape index (κ3) is 4.52. The van der Waals surface area contributed by atoms with Crippen LogP contribution < -0.4 is 5.32 Å². The van der Waals surface area contributed by atoms with E-state index in [-0.39, 0.29) is 24.3 Å². The van der Waals surface area contributed by atoms with Gasteiger partial charge in [-0.3, -0.25) is 14.6 Å². The van der Waals surface area contributed by atoms with Crippen molar-refractivity contribution in [3.8, 4) is 0 Å². The van der Waals surface area contributed by atoms with Crippen LogP contribution in [0, 0.1) is 0 Å². The zero-order valence-corrected chi connectivity index (χ0v) is 11.2. The maximum Gasteiger partial charge on any atom is 0.307 e. The Kier molecular flexibility index (Phi) is 5.09. The summed E-state index contributed by atoms with van der Waals surface area (Å²) < 4.78 is 5.24.